The molecule has 2 heterocycles. The quantitative estimate of drug-likeness (QED) is 0.406. The molecule has 1 unspecified atom stereocenters. The van der Waals surface area contributed by atoms with Crippen molar-refractivity contribution in [2.45, 2.75) is 25.4 Å². The fourth-order valence-electron chi connectivity index (χ4n) is 2.09. The summed E-state index contributed by atoms with van der Waals surface area (Å²) in [5, 5.41) is 11.9. The first-order valence-corrected chi connectivity index (χ1v) is 8.09. The second kappa shape index (κ2) is 6.76. The zero-order chi connectivity index (χ0) is 14.6. The molecule has 1 aromatic rings. The fourth-order valence-corrected chi connectivity index (χ4v) is 2.61. The van der Waals surface area contributed by atoms with Gasteiger partial charge < -0.3 is 24.9 Å². The van der Waals surface area contributed by atoms with Gasteiger partial charge in [-0.05, 0) is 18.1 Å². The fraction of sp³-hybridized carbons (Fsp3) is 0.583. The van der Waals surface area contributed by atoms with Crippen LogP contribution in [-0.2, 0) is 22.3 Å². The molecule has 0 spiro atoms. The largest absolute Gasteiger partial charge is 0.396 e. The van der Waals surface area contributed by atoms with Crippen LogP contribution in [0.15, 0.2) is 12.1 Å². The van der Waals surface area contributed by atoms with Gasteiger partial charge in [0.25, 0.3) is 0 Å². The van der Waals surface area contributed by atoms with E-state index in [1.165, 1.54) is 6.07 Å². The third-order valence-electron chi connectivity index (χ3n) is 3.14. The van der Waals surface area contributed by atoms with Crippen LogP contribution >= 0.6 is 7.60 Å². The number of nitrogens with zero attached hydrogens (tertiary/aromatic N) is 1. The second-order valence-corrected chi connectivity index (χ2v) is 6.30. The maximum Gasteiger partial charge on any atom is 0.374 e. The Morgan fingerprint density at radius 1 is 1.45 bits per heavy atom. The standard InChI is InChI=1S/C12H19N2O5P/c15-4-1-5-19-8-10-6-11-9(7-13-10)2-3-12(14-11)20(16,17)18/h2-3,10,13,15H,1,4-8H2,(H2,16,17,18). The van der Waals surface area contributed by atoms with Crippen molar-refractivity contribution in [1.29, 1.82) is 0 Å². The van der Waals surface area contributed by atoms with Crippen LogP contribution in [0.5, 0.6) is 0 Å². The summed E-state index contributed by atoms with van der Waals surface area (Å²) in [5.41, 5.74) is 1.48. The number of fused-ring (bicyclic) bond motifs is 1. The van der Waals surface area contributed by atoms with E-state index in [-0.39, 0.29) is 18.1 Å². The van der Waals surface area contributed by atoms with E-state index in [1.807, 2.05) is 0 Å². The molecule has 0 saturated heterocycles. The zero-order valence-electron chi connectivity index (χ0n) is 11.0. The highest BCUT2D eigenvalue weighted by molar-refractivity contribution is 7.60. The molecule has 7 nitrogen and oxygen atoms in total. The van der Waals surface area contributed by atoms with E-state index in [4.69, 9.17) is 19.6 Å². The van der Waals surface area contributed by atoms with E-state index in [0.29, 0.717) is 38.3 Å². The van der Waals surface area contributed by atoms with Gasteiger partial charge in [-0.15, -0.1) is 0 Å². The van der Waals surface area contributed by atoms with Crippen molar-refractivity contribution in [2.24, 2.45) is 0 Å². The Morgan fingerprint density at radius 3 is 2.95 bits per heavy atom. The number of pyridine rings is 1. The number of aliphatic hydroxyl groups is 1. The maximum absolute atomic E-state index is 11.2. The number of hydrogen-bond acceptors (Lipinski definition) is 5. The number of aliphatic hydroxyl groups excluding tert-OH is 1. The molecule has 1 aliphatic rings. The molecule has 1 aromatic heterocycles. The van der Waals surface area contributed by atoms with Gasteiger partial charge in [-0.2, -0.15) is 0 Å². The molecule has 0 aromatic carbocycles. The summed E-state index contributed by atoms with van der Waals surface area (Å²) < 4.78 is 16.6. The first-order valence-electron chi connectivity index (χ1n) is 6.47. The molecule has 0 aliphatic carbocycles. The van der Waals surface area contributed by atoms with Crippen molar-refractivity contribution in [2.75, 3.05) is 19.8 Å². The first kappa shape index (κ1) is 15.6. The topological polar surface area (TPSA) is 112 Å². The Labute approximate surface area is 117 Å². The minimum absolute atomic E-state index is 0.0701. The lowest BCUT2D eigenvalue weighted by molar-refractivity contribution is 0.0945. The van der Waals surface area contributed by atoms with E-state index in [1.54, 1.807) is 6.07 Å². The molecular weight excluding hydrogens is 283 g/mol. The highest BCUT2D eigenvalue weighted by Crippen LogP contribution is 2.32. The van der Waals surface area contributed by atoms with Gasteiger partial charge in [-0.25, -0.2) is 4.98 Å². The third-order valence-corrected chi connectivity index (χ3v) is 3.98. The van der Waals surface area contributed by atoms with Gasteiger partial charge >= 0.3 is 7.60 Å². The van der Waals surface area contributed by atoms with Gasteiger partial charge in [-0.1, -0.05) is 6.07 Å². The summed E-state index contributed by atoms with van der Waals surface area (Å²) in [4.78, 5) is 22.4. The Hall–Kier alpha value is -0.820. The van der Waals surface area contributed by atoms with Gasteiger partial charge in [0.1, 0.15) is 0 Å². The molecule has 1 atom stereocenters. The van der Waals surface area contributed by atoms with Crippen LogP contribution in [0.3, 0.4) is 0 Å². The summed E-state index contributed by atoms with van der Waals surface area (Å²) in [6, 6.07) is 3.15. The van der Waals surface area contributed by atoms with Gasteiger partial charge in [0.05, 0.1) is 6.61 Å². The number of aromatic nitrogens is 1. The minimum atomic E-state index is -4.30. The van der Waals surface area contributed by atoms with E-state index in [2.05, 4.69) is 10.3 Å². The van der Waals surface area contributed by atoms with Crippen LogP contribution < -0.4 is 10.8 Å². The van der Waals surface area contributed by atoms with Crippen molar-refractivity contribution < 1.29 is 24.2 Å². The maximum atomic E-state index is 11.2. The number of ether oxygens (including phenoxy) is 1. The molecule has 20 heavy (non-hydrogen) atoms. The van der Waals surface area contributed by atoms with Gasteiger partial charge in [-0.3, -0.25) is 4.57 Å². The van der Waals surface area contributed by atoms with Crippen LogP contribution in [0.4, 0.5) is 0 Å². The molecule has 0 saturated carbocycles. The average Bonchev–Trinajstić information content (AvgIpc) is 2.42. The smallest absolute Gasteiger partial charge is 0.374 e. The Morgan fingerprint density at radius 2 is 2.25 bits per heavy atom. The van der Waals surface area contributed by atoms with Gasteiger partial charge in [0.15, 0.2) is 5.44 Å². The lowest BCUT2D eigenvalue weighted by Gasteiger charge is -2.25. The van der Waals surface area contributed by atoms with Crippen molar-refractivity contribution in [3.8, 4) is 0 Å². The predicted molar refractivity (Wildman–Crippen MR) is 72.8 cm³/mol. The van der Waals surface area contributed by atoms with Crippen molar-refractivity contribution in [3.05, 3.63) is 23.4 Å². The molecular formula is C12H19N2O5P. The Kier molecular flexibility index (Phi) is 5.26. The van der Waals surface area contributed by atoms with Crippen LogP contribution in [0.2, 0.25) is 0 Å². The van der Waals surface area contributed by atoms with Crippen molar-refractivity contribution >= 4 is 13.0 Å². The SMILES string of the molecule is O=P(O)(O)c1ccc2c(n1)CC(COCCCO)NC2. The van der Waals surface area contributed by atoms with Crippen LogP contribution in [0.25, 0.3) is 0 Å². The predicted octanol–water partition coefficient (Wildman–Crippen LogP) is -0.702. The minimum Gasteiger partial charge on any atom is -0.396 e. The van der Waals surface area contributed by atoms with E-state index in [9.17, 15) is 4.57 Å². The normalized spacial score (nSPS) is 18.9. The van der Waals surface area contributed by atoms with Crippen molar-refractivity contribution in [1.82, 2.24) is 10.3 Å². The summed E-state index contributed by atoms with van der Waals surface area (Å²) in [6.07, 6.45) is 1.17. The monoisotopic (exact) mass is 302 g/mol. The third kappa shape index (κ3) is 4.09. The summed E-state index contributed by atoms with van der Waals surface area (Å²) in [6.45, 7) is 1.70. The van der Waals surface area contributed by atoms with Crippen molar-refractivity contribution in [3.63, 3.8) is 0 Å². The molecule has 0 fully saturated rings. The molecule has 112 valence electrons. The van der Waals surface area contributed by atoms with Gasteiger partial charge in [0.2, 0.25) is 0 Å². The average molecular weight is 302 g/mol. The molecule has 1 aliphatic heterocycles. The second-order valence-electron chi connectivity index (χ2n) is 4.75. The molecule has 8 heteroatoms. The molecule has 0 amide bonds. The Bertz CT molecular complexity index is 505. The van der Waals surface area contributed by atoms with E-state index in [0.717, 1.165) is 5.56 Å². The molecule has 0 bridgehead atoms. The van der Waals surface area contributed by atoms with Gasteiger partial charge in [0, 0.05) is 37.9 Å². The number of nitrogens with one attached hydrogen (secondary N) is 1. The highest BCUT2D eigenvalue weighted by Gasteiger charge is 2.24. The lowest BCUT2D eigenvalue weighted by atomic mass is 10.0. The summed E-state index contributed by atoms with van der Waals surface area (Å²) in [5.74, 6) is 0. The Balaban J connectivity index is 1.99. The summed E-state index contributed by atoms with van der Waals surface area (Å²) in [7, 11) is -4.30. The summed E-state index contributed by atoms with van der Waals surface area (Å²) >= 11 is 0. The first-order chi connectivity index (χ1) is 9.50. The number of rotatable bonds is 6. The molecule has 2 rings (SSSR count). The highest BCUT2D eigenvalue weighted by atomic mass is 31.2. The van der Waals surface area contributed by atoms with E-state index >= 15 is 0 Å². The molecule has 0 radical (unpaired) electrons. The van der Waals surface area contributed by atoms with Crippen LogP contribution in [-0.4, -0.2) is 45.7 Å². The zero-order valence-corrected chi connectivity index (χ0v) is 11.9. The number of hydrogen-bond donors (Lipinski definition) is 4. The van der Waals surface area contributed by atoms with Crippen LogP contribution in [0.1, 0.15) is 17.7 Å². The van der Waals surface area contributed by atoms with E-state index < -0.39 is 7.60 Å². The lowest BCUT2D eigenvalue weighted by Crippen LogP contribution is -2.40. The molecule has 4 N–H and O–H groups in total. The van der Waals surface area contributed by atoms with Crippen LogP contribution in [0, 0.1) is 0 Å².